The molecule has 1 aliphatic rings. The number of nitrogens with zero attached hydrogens (tertiary/aromatic N) is 1. The molecule has 1 saturated heterocycles. The third kappa shape index (κ3) is 3.90. The van der Waals surface area contributed by atoms with Crippen LogP contribution in [0.25, 0.3) is 11.1 Å². The van der Waals surface area contributed by atoms with E-state index in [0.717, 1.165) is 41.0 Å². The van der Waals surface area contributed by atoms with E-state index >= 15 is 0 Å². The van der Waals surface area contributed by atoms with Crippen molar-refractivity contribution in [3.8, 4) is 11.1 Å². The van der Waals surface area contributed by atoms with Gasteiger partial charge in [0.25, 0.3) is 5.91 Å². The van der Waals surface area contributed by atoms with Crippen LogP contribution in [0.1, 0.15) is 18.4 Å². The van der Waals surface area contributed by atoms with Crippen LogP contribution in [0.4, 0.5) is 5.69 Å². The molecule has 1 aliphatic heterocycles. The first-order chi connectivity index (χ1) is 11.7. The van der Waals surface area contributed by atoms with Crippen molar-refractivity contribution in [2.45, 2.75) is 25.4 Å². The molecule has 3 rings (SSSR count). The average molecular weight is 343 g/mol. The van der Waals surface area contributed by atoms with Gasteiger partial charge in [0.1, 0.15) is 6.04 Å². The van der Waals surface area contributed by atoms with E-state index in [1.165, 1.54) is 0 Å². The van der Waals surface area contributed by atoms with Crippen LogP contribution in [0.2, 0.25) is 0 Å². The molecule has 0 aromatic heterocycles. The molecule has 0 unspecified atom stereocenters. The van der Waals surface area contributed by atoms with Crippen molar-refractivity contribution in [3.05, 3.63) is 54.1 Å². The standard InChI is InChI=1S/C18H21N3O2S/c19-16-9-7-15(8-10-16)14-5-3-13(4-6-14)12-21-17(18(22)20-23)2-1-11-24-21/h3-10,17,23H,1-2,11-12,19H2,(H,20,22)/t17-/m1/s1. The summed E-state index contributed by atoms with van der Waals surface area (Å²) < 4.78 is 2.05. The Labute approximate surface area is 145 Å². The Morgan fingerprint density at radius 3 is 2.42 bits per heavy atom. The number of amides is 1. The molecule has 1 fully saturated rings. The fourth-order valence-electron chi connectivity index (χ4n) is 2.84. The number of hydroxylamine groups is 1. The number of rotatable bonds is 4. The number of carbonyl (C=O) groups is 1. The van der Waals surface area contributed by atoms with Gasteiger partial charge in [-0.2, -0.15) is 0 Å². The summed E-state index contributed by atoms with van der Waals surface area (Å²) in [6.45, 7) is 0.671. The highest BCUT2D eigenvalue weighted by atomic mass is 32.2. The van der Waals surface area contributed by atoms with Gasteiger partial charge in [-0.3, -0.25) is 10.0 Å². The maximum atomic E-state index is 11.8. The van der Waals surface area contributed by atoms with Crippen LogP contribution >= 0.6 is 11.9 Å². The molecule has 5 nitrogen and oxygen atoms in total. The molecule has 0 bridgehead atoms. The van der Waals surface area contributed by atoms with Gasteiger partial charge in [0, 0.05) is 18.0 Å². The van der Waals surface area contributed by atoms with Crippen molar-refractivity contribution in [3.63, 3.8) is 0 Å². The van der Waals surface area contributed by atoms with Gasteiger partial charge in [0.15, 0.2) is 0 Å². The molecule has 1 atom stereocenters. The molecule has 0 saturated carbocycles. The van der Waals surface area contributed by atoms with Gasteiger partial charge in [0.05, 0.1) is 0 Å². The Balaban J connectivity index is 1.71. The highest BCUT2D eigenvalue weighted by molar-refractivity contribution is 7.97. The molecule has 6 heteroatoms. The van der Waals surface area contributed by atoms with Crippen LogP contribution in [0.3, 0.4) is 0 Å². The molecular weight excluding hydrogens is 322 g/mol. The maximum Gasteiger partial charge on any atom is 0.261 e. The number of nitrogens with two attached hydrogens (primary N) is 1. The highest BCUT2D eigenvalue weighted by Crippen LogP contribution is 2.29. The molecule has 0 spiro atoms. The third-order valence-electron chi connectivity index (χ3n) is 4.18. The summed E-state index contributed by atoms with van der Waals surface area (Å²) in [4.78, 5) is 11.8. The fourth-order valence-corrected chi connectivity index (χ4v) is 3.99. The largest absolute Gasteiger partial charge is 0.399 e. The first-order valence-corrected chi connectivity index (χ1v) is 8.90. The van der Waals surface area contributed by atoms with Crippen molar-refractivity contribution < 1.29 is 10.0 Å². The number of hydrogen-bond acceptors (Lipinski definition) is 5. The van der Waals surface area contributed by atoms with E-state index in [0.29, 0.717) is 6.54 Å². The molecule has 0 radical (unpaired) electrons. The Morgan fingerprint density at radius 1 is 1.17 bits per heavy atom. The molecule has 2 aromatic rings. The van der Waals surface area contributed by atoms with Gasteiger partial charge in [-0.25, -0.2) is 9.79 Å². The van der Waals surface area contributed by atoms with Crippen molar-refractivity contribution in [1.82, 2.24) is 9.79 Å². The molecule has 2 aromatic carbocycles. The van der Waals surface area contributed by atoms with Crippen LogP contribution in [0.5, 0.6) is 0 Å². The lowest BCUT2D eigenvalue weighted by Gasteiger charge is -2.32. The van der Waals surface area contributed by atoms with Gasteiger partial charge < -0.3 is 5.73 Å². The van der Waals surface area contributed by atoms with E-state index in [-0.39, 0.29) is 11.9 Å². The van der Waals surface area contributed by atoms with Gasteiger partial charge in [-0.1, -0.05) is 48.3 Å². The first kappa shape index (κ1) is 16.8. The smallest absolute Gasteiger partial charge is 0.261 e. The number of hydrogen-bond donors (Lipinski definition) is 3. The Hall–Kier alpha value is -2.02. The van der Waals surface area contributed by atoms with Crippen LogP contribution in [0.15, 0.2) is 48.5 Å². The summed E-state index contributed by atoms with van der Waals surface area (Å²) in [6.07, 6.45) is 1.75. The minimum atomic E-state index is -0.333. The molecule has 0 aliphatic carbocycles. The molecular formula is C18H21N3O2S. The predicted molar refractivity (Wildman–Crippen MR) is 97.2 cm³/mol. The molecule has 1 heterocycles. The van der Waals surface area contributed by atoms with Crippen LogP contribution in [0, 0.1) is 0 Å². The van der Waals surface area contributed by atoms with Crippen molar-refractivity contribution in [1.29, 1.82) is 0 Å². The van der Waals surface area contributed by atoms with Crippen LogP contribution < -0.4 is 11.2 Å². The lowest BCUT2D eigenvalue weighted by atomic mass is 10.0. The summed E-state index contributed by atoms with van der Waals surface area (Å²) in [6, 6.07) is 15.8. The van der Waals surface area contributed by atoms with E-state index in [2.05, 4.69) is 24.3 Å². The van der Waals surface area contributed by atoms with Gasteiger partial charge in [-0.05, 0) is 41.7 Å². The SMILES string of the molecule is Nc1ccc(-c2ccc(CN3SCCC[C@@H]3C(=O)NO)cc2)cc1. The Bertz CT molecular complexity index is 688. The number of benzene rings is 2. The lowest BCUT2D eigenvalue weighted by molar-refractivity contribution is -0.133. The second kappa shape index (κ2) is 7.70. The second-order valence-electron chi connectivity index (χ2n) is 5.86. The van der Waals surface area contributed by atoms with E-state index in [1.807, 2.05) is 28.6 Å². The molecule has 126 valence electrons. The van der Waals surface area contributed by atoms with Gasteiger partial charge in [-0.15, -0.1) is 0 Å². The first-order valence-electron chi connectivity index (χ1n) is 7.96. The second-order valence-corrected chi connectivity index (χ2v) is 7.00. The Morgan fingerprint density at radius 2 is 1.79 bits per heavy atom. The van der Waals surface area contributed by atoms with Crippen molar-refractivity contribution in [2.24, 2.45) is 0 Å². The van der Waals surface area contributed by atoms with E-state index in [9.17, 15) is 4.79 Å². The topological polar surface area (TPSA) is 78.6 Å². The summed E-state index contributed by atoms with van der Waals surface area (Å²) >= 11 is 1.66. The van der Waals surface area contributed by atoms with Crippen molar-refractivity contribution in [2.75, 3.05) is 11.5 Å². The minimum absolute atomic E-state index is 0.287. The number of nitrogen functional groups attached to an aromatic ring is 1. The number of anilines is 1. The van der Waals surface area contributed by atoms with E-state index in [1.54, 1.807) is 17.4 Å². The molecule has 4 N–H and O–H groups in total. The summed E-state index contributed by atoms with van der Waals surface area (Å²) in [5.74, 6) is 0.666. The van der Waals surface area contributed by atoms with Crippen LogP contribution in [-0.2, 0) is 11.3 Å². The molecule has 24 heavy (non-hydrogen) atoms. The minimum Gasteiger partial charge on any atom is -0.399 e. The molecule has 1 amide bonds. The monoisotopic (exact) mass is 343 g/mol. The van der Waals surface area contributed by atoms with Crippen LogP contribution in [-0.4, -0.2) is 27.2 Å². The summed E-state index contributed by atoms with van der Waals surface area (Å²) in [7, 11) is 0. The zero-order chi connectivity index (χ0) is 16.9. The predicted octanol–water partition coefficient (Wildman–Crippen LogP) is 3.05. The number of nitrogens with one attached hydrogen (secondary N) is 1. The summed E-state index contributed by atoms with van der Waals surface area (Å²) in [5.41, 5.74) is 11.7. The van der Waals surface area contributed by atoms with Crippen molar-refractivity contribution >= 4 is 23.5 Å². The quantitative estimate of drug-likeness (QED) is 0.344. The van der Waals surface area contributed by atoms with E-state index < -0.39 is 0 Å². The number of carbonyl (C=O) groups excluding carboxylic acids is 1. The zero-order valence-corrected chi connectivity index (χ0v) is 14.1. The highest BCUT2D eigenvalue weighted by Gasteiger charge is 2.29. The normalized spacial score (nSPS) is 18.3. The van der Waals surface area contributed by atoms with Gasteiger partial charge >= 0.3 is 0 Å². The fraction of sp³-hybridized carbons (Fsp3) is 0.278. The van der Waals surface area contributed by atoms with E-state index in [4.69, 9.17) is 10.9 Å². The zero-order valence-electron chi connectivity index (χ0n) is 13.3. The maximum absolute atomic E-state index is 11.8. The Kier molecular flexibility index (Phi) is 5.40. The van der Waals surface area contributed by atoms with Gasteiger partial charge in [0.2, 0.25) is 0 Å². The lowest BCUT2D eigenvalue weighted by Crippen LogP contribution is -2.44. The summed E-state index contributed by atoms with van der Waals surface area (Å²) in [5, 5.41) is 8.91. The average Bonchev–Trinajstić information content (AvgIpc) is 2.63. The third-order valence-corrected chi connectivity index (χ3v) is 5.36.